The first-order valence-electron chi connectivity index (χ1n) is 6.05. The summed E-state index contributed by atoms with van der Waals surface area (Å²) in [6, 6.07) is 6.42. The molecule has 0 aromatic heterocycles. The summed E-state index contributed by atoms with van der Waals surface area (Å²) in [5.41, 5.74) is 6.51. The van der Waals surface area contributed by atoms with E-state index in [1.807, 2.05) is 0 Å². The molecule has 0 atom stereocenters. The molecule has 1 amide bonds. The lowest BCUT2D eigenvalue weighted by molar-refractivity contribution is -0.166. The second-order valence-corrected chi connectivity index (χ2v) is 4.31. The third-order valence-corrected chi connectivity index (χ3v) is 2.87. The molecule has 0 unspecified atom stereocenters. The van der Waals surface area contributed by atoms with Gasteiger partial charge in [0, 0.05) is 12.1 Å². The number of hydrogen-bond acceptors (Lipinski definition) is 4. The summed E-state index contributed by atoms with van der Waals surface area (Å²) >= 11 is 0. The number of nitrogens with two attached hydrogens (primary N) is 1. The van der Waals surface area contributed by atoms with Crippen molar-refractivity contribution in [3.05, 3.63) is 29.8 Å². The summed E-state index contributed by atoms with van der Waals surface area (Å²) < 4.78 is 0. The van der Waals surface area contributed by atoms with Crippen LogP contribution >= 0.6 is 0 Å². The van der Waals surface area contributed by atoms with Crippen LogP contribution in [0, 0.1) is 0 Å². The van der Waals surface area contributed by atoms with E-state index in [0.717, 1.165) is 19.3 Å². The van der Waals surface area contributed by atoms with Gasteiger partial charge in [-0.1, -0.05) is 6.42 Å². The summed E-state index contributed by atoms with van der Waals surface area (Å²) in [6.07, 6.45) is 3.15. The normalized spacial score (nSPS) is 16.2. The largest absolute Gasteiger partial charge is 0.399 e. The second kappa shape index (κ2) is 5.53. The molecule has 1 saturated heterocycles. The Bertz CT molecular complexity index is 442. The number of carbonyl (C=O) groups excluding carboxylic acids is 2. The van der Waals surface area contributed by atoms with E-state index in [1.54, 1.807) is 24.3 Å². The third-order valence-electron chi connectivity index (χ3n) is 2.87. The lowest BCUT2D eigenvalue weighted by Crippen LogP contribution is -2.33. The van der Waals surface area contributed by atoms with Crippen LogP contribution in [0.5, 0.6) is 0 Å². The number of benzene rings is 1. The fraction of sp³-hybridized carbons (Fsp3) is 0.385. The Balaban J connectivity index is 2.01. The summed E-state index contributed by atoms with van der Waals surface area (Å²) in [6.45, 7) is 0.472. The molecule has 0 aliphatic carbocycles. The number of hydrogen-bond donors (Lipinski definition) is 1. The van der Waals surface area contributed by atoms with Gasteiger partial charge in [-0.05, 0) is 37.1 Å². The smallest absolute Gasteiger partial charge is 0.363 e. The van der Waals surface area contributed by atoms with Crippen molar-refractivity contribution in [3.8, 4) is 0 Å². The van der Waals surface area contributed by atoms with Crippen LogP contribution in [0.4, 0.5) is 5.69 Å². The van der Waals surface area contributed by atoms with Crippen molar-refractivity contribution in [3.63, 3.8) is 0 Å². The average Bonchev–Trinajstić information content (AvgIpc) is 2.56. The first kappa shape index (κ1) is 12.4. The first-order valence-corrected chi connectivity index (χ1v) is 6.05. The average molecular weight is 248 g/mol. The van der Waals surface area contributed by atoms with E-state index >= 15 is 0 Å². The van der Waals surface area contributed by atoms with Crippen molar-refractivity contribution in [1.29, 1.82) is 0 Å². The minimum atomic E-state index is -0.523. The van der Waals surface area contributed by atoms with Gasteiger partial charge >= 0.3 is 5.97 Å². The van der Waals surface area contributed by atoms with Crippen LogP contribution in [0.15, 0.2) is 24.3 Å². The molecule has 2 rings (SSSR count). The molecule has 2 N–H and O–H groups in total. The highest BCUT2D eigenvalue weighted by Crippen LogP contribution is 2.14. The van der Waals surface area contributed by atoms with Crippen LogP contribution in [0.25, 0.3) is 0 Å². The van der Waals surface area contributed by atoms with Crippen molar-refractivity contribution in [2.24, 2.45) is 0 Å². The molecule has 1 fully saturated rings. The van der Waals surface area contributed by atoms with Crippen molar-refractivity contribution in [2.45, 2.75) is 25.7 Å². The number of amides is 1. The Labute approximate surface area is 105 Å². The van der Waals surface area contributed by atoms with Gasteiger partial charge in [0.1, 0.15) is 0 Å². The van der Waals surface area contributed by atoms with Crippen molar-refractivity contribution >= 4 is 17.6 Å². The number of anilines is 1. The van der Waals surface area contributed by atoms with Crippen molar-refractivity contribution in [2.75, 3.05) is 12.3 Å². The second-order valence-electron chi connectivity index (χ2n) is 4.31. The molecule has 96 valence electrons. The highest BCUT2D eigenvalue weighted by molar-refractivity contribution is 5.90. The van der Waals surface area contributed by atoms with Crippen LogP contribution in [0.2, 0.25) is 0 Å². The summed E-state index contributed by atoms with van der Waals surface area (Å²) in [5, 5.41) is 1.17. The van der Waals surface area contributed by atoms with Crippen molar-refractivity contribution in [1.82, 2.24) is 5.06 Å². The minimum Gasteiger partial charge on any atom is -0.399 e. The van der Waals surface area contributed by atoms with Gasteiger partial charge in [-0.2, -0.15) is 5.06 Å². The zero-order valence-corrected chi connectivity index (χ0v) is 10.1. The monoisotopic (exact) mass is 248 g/mol. The van der Waals surface area contributed by atoms with E-state index in [4.69, 9.17) is 10.6 Å². The molecule has 0 bridgehead atoms. The Morgan fingerprint density at radius 3 is 2.61 bits per heavy atom. The van der Waals surface area contributed by atoms with E-state index in [1.165, 1.54) is 5.06 Å². The quantitative estimate of drug-likeness (QED) is 0.809. The fourth-order valence-electron chi connectivity index (χ4n) is 1.83. The topological polar surface area (TPSA) is 72.6 Å². The van der Waals surface area contributed by atoms with E-state index in [-0.39, 0.29) is 5.91 Å². The zero-order chi connectivity index (χ0) is 13.0. The molecule has 1 aliphatic heterocycles. The van der Waals surface area contributed by atoms with Crippen LogP contribution in [0.1, 0.15) is 36.0 Å². The maximum absolute atomic E-state index is 11.8. The molecule has 0 spiro atoms. The SMILES string of the molecule is Nc1ccc(C(=O)ON2CCCCCC2=O)cc1. The molecule has 18 heavy (non-hydrogen) atoms. The summed E-state index contributed by atoms with van der Waals surface area (Å²) in [5.74, 6) is -0.651. The van der Waals surface area contributed by atoms with Crippen LogP contribution in [-0.2, 0) is 9.63 Å². The van der Waals surface area contributed by atoms with E-state index < -0.39 is 5.97 Å². The first-order chi connectivity index (χ1) is 8.66. The standard InChI is InChI=1S/C13H16N2O3/c14-11-7-5-10(6-8-11)13(17)18-15-9-3-1-2-4-12(15)16/h5-8H,1-4,9,14H2. The Morgan fingerprint density at radius 1 is 1.17 bits per heavy atom. The van der Waals surface area contributed by atoms with Crippen LogP contribution in [0.3, 0.4) is 0 Å². The van der Waals surface area contributed by atoms with Gasteiger partial charge in [-0.3, -0.25) is 4.79 Å². The van der Waals surface area contributed by atoms with E-state index in [0.29, 0.717) is 24.2 Å². The molecule has 0 radical (unpaired) electrons. The van der Waals surface area contributed by atoms with Gasteiger partial charge in [-0.25, -0.2) is 4.79 Å². The van der Waals surface area contributed by atoms with Gasteiger partial charge in [-0.15, -0.1) is 0 Å². The lowest BCUT2D eigenvalue weighted by atomic mass is 10.2. The Kier molecular flexibility index (Phi) is 3.82. The summed E-state index contributed by atoms with van der Waals surface area (Å²) in [7, 11) is 0. The molecule has 1 aromatic carbocycles. The molecule has 5 nitrogen and oxygen atoms in total. The van der Waals surface area contributed by atoms with Gasteiger partial charge < -0.3 is 10.6 Å². The number of nitrogens with zero attached hydrogens (tertiary/aromatic N) is 1. The zero-order valence-electron chi connectivity index (χ0n) is 10.1. The number of rotatable bonds is 2. The molecular weight excluding hydrogens is 232 g/mol. The third kappa shape index (κ3) is 3.00. The predicted octanol–water partition coefficient (Wildman–Crippen LogP) is 1.74. The van der Waals surface area contributed by atoms with E-state index in [9.17, 15) is 9.59 Å². The number of carbonyl (C=O) groups is 2. The molecule has 1 aliphatic rings. The van der Waals surface area contributed by atoms with Gasteiger partial charge in [0.15, 0.2) is 0 Å². The lowest BCUT2D eigenvalue weighted by Gasteiger charge is -2.18. The molecule has 5 heteroatoms. The van der Waals surface area contributed by atoms with Gasteiger partial charge in [0.05, 0.1) is 12.1 Å². The number of nitrogen functional groups attached to an aromatic ring is 1. The van der Waals surface area contributed by atoms with Crippen LogP contribution in [-0.4, -0.2) is 23.5 Å². The molecule has 1 aromatic rings. The predicted molar refractivity (Wildman–Crippen MR) is 66.5 cm³/mol. The molecule has 0 saturated carbocycles. The fourth-order valence-corrected chi connectivity index (χ4v) is 1.83. The Hall–Kier alpha value is -2.04. The summed E-state index contributed by atoms with van der Waals surface area (Å²) in [4.78, 5) is 28.6. The molecule has 1 heterocycles. The highest BCUT2D eigenvalue weighted by Gasteiger charge is 2.21. The highest BCUT2D eigenvalue weighted by atomic mass is 16.7. The maximum Gasteiger partial charge on any atom is 0.363 e. The van der Waals surface area contributed by atoms with Crippen molar-refractivity contribution < 1.29 is 14.4 Å². The van der Waals surface area contributed by atoms with E-state index in [2.05, 4.69) is 0 Å². The maximum atomic E-state index is 11.8. The van der Waals surface area contributed by atoms with Crippen LogP contribution < -0.4 is 5.73 Å². The van der Waals surface area contributed by atoms with Gasteiger partial charge in [0.25, 0.3) is 5.91 Å². The minimum absolute atomic E-state index is 0.128. The molecular formula is C13H16N2O3. The Morgan fingerprint density at radius 2 is 1.89 bits per heavy atom. The number of hydroxylamine groups is 2. The van der Waals surface area contributed by atoms with Gasteiger partial charge in [0.2, 0.25) is 0 Å².